The third kappa shape index (κ3) is 2.62. The predicted molar refractivity (Wildman–Crippen MR) is 78.9 cm³/mol. The Hall–Kier alpha value is -1.46. The van der Waals surface area contributed by atoms with E-state index in [0.717, 1.165) is 33.3 Å². The quantitative estimate of drug-likeness (QED) is 0.873. The lowest BCUT2D eigenvalue weighted by Crippen LogP contribution is -2.02. The molecule has 0 amide bonds. The molecule has 0 aliphatic carbocycles. The smallest absolute Gasteiger partial charge is 0.171 e. The van der Waals surface area contributed by atoms with Crippen molar-refractivity contribution in [3.63, 3.8) is 0 Å². The van der Waals surface area contributed by atoms with E-state index in [9.17, 15) is 0 Å². The van der Waals surface area contributed by atoms with E-state index < -0.39 is 0 Å². The summed E-state index contributed by atoms with van der Waals surface area (Å²) in [5, 5.41) is 4.36. The van der Waals surface area contributed by atoms with Crippen LogP contribution in [0.3, 0.4) is 0 Å². The second kappa shape index (κ2) is 5.67. The first kappa shape index (κ1) is 14.0. The lowest BCUT2D eigenvalue weighted by Gasteiger charge is -2.13. The molecule has 0 radical (unpaired) electrons. The lowest BCUT2D eigenvalue weighted by atomic mass is 10.2. The van der Waals surface area contributed by atoms with E-state index in [-0.39, 0.29) is 0 Å². The molecule has 0 spiro atoms. The third-order valence-corrected chi connectivity index (χ3v) is 3.99. The molecule has 2 N–H and O–H groups in total. The van der Waals surface area contributed by atoms with Gasteiger partial charge in [-0.25, -0.2) is 0 Å². The van der Waals surface area contributed by atoms with E-state index >= 15 is 0 Å². The van der Waals surface area contributed by atoms with Crippen molar-refractivity contribution in [1.29, 1.82) is 0 Å². The molecule has 5 heteroatoms. The number of aryl methyl sites for hydroxylation is 2. The Morgan fingerprint density at radius 2 is 2.11 bits per heavy atom. The fourth-order valence-electron chi connectivity index (χ4n) is 2.05. The van der Waals surface area contributed by atoms with Gasteiger partial charge in [-0.3, -0.25) is 4.68 Å². The van der Waals surface area contributed by atoms with Crippen molar-refractivity contribution in [2.45, 2.75) is 25.3 Å². The first-order chi connectivity index (χ1) is 9.08. The molecule has 102 valence electrons. The van der Waals surface area contributed by atoms with Gasteiger partial charge in [-0.15, -0.1) is 11.8 Å². The van der Waals surface area contributed by atoms with Crippen molar-refractivity contribution in [2.75, 3.05) is 6.26 Å². The summed E-state index contributed by atoms with van der Waals surface area (Å²) in [5.74, 6) is 1.63. The standard InChI is InChI=1S/C14H19N3OS/c1-9-14(10(2)17(3)16-9)18-12-6-5-7-13(19-4)11(12)8-15/h5-7H,8,15H2,1-4H3. The zero-order valence-corrected chi connectivity index (χ0v) is 12.5. The molecular weight excluding hydrogens is 258 g/mol. The van der Waals surface area contributed by atoms with Crippen molar-refractivity contribution in [2.24, 2.45) is 12.8 Å². The van der Waals surface area contributed by atoms with E-state index in [4.69, 9.17) is 10.5 Å². The highest BCUT2D eigenvalue weighted by atomic mass is 32.2. The van der Waals surface area contributed by atoms with Gasteiger partial charge >= 0.3 is 0 Å². The number of hydrogen-bond donors (Lipinski definition) is 1. The second-order valence-electron chi connectivity index (χ2n) is 4.37. The molecule has 0 aliphatic heterocycles. The van der Waals surface area contributed by atoms with Gasteiger partial charge in [0.25, 0.3) is 0 Å². The highest BCUT2D eigenvalue weighted by Crippen LogP contribution is 2.34. The molecule has 0 aliphatic rings. The number of thioether (sulfide) groups is 1. The number of ether oxygens (including phenoxy) is 1. The molecule has 0 saturated carbocycles. The molecule has 0 saturated heterocycles. The van der Waals surface area contributed by atoms with Gasteiger partial charge in [0.15, 0.2) is 5.75 Å². The Bertz CT molecular complexity index is 593. The van der Waals surface area contributed by atoms with E-state index in [1.807, 2.05) is 44.0 Å². The second-order valence-corrected chi connectivity index (χ2v) is 5.21. The molecule has 1 aromatic heterocycles. The minimum absolute atomic E-state index is 0.463. The van der Waals surface area contributed by atoms with Gasteiger partial charge in [-0.05, 0) is 32.2 Å². The van der Waals surface area contributed by atoms with Crippen LogP contribution in [-0.4, -0.2) is 16.0 Å². The largest absolute Gasteiger partial charge is 0.453 e. The summed E-state index contributed by atoms with van der Waals surface area (Å²) < 4.78 is 7.87. The molecule has 0 bridgehead atoms. The van der Waals surface area contributed by atoms with Crippen LogP contribution < -0.4 is 10.5 Å². The summed E-state index contributed by atoms with van der Waals surface area (Å²) in [7, 11) is 1.91. The molecule has 2 aromatic rings. The fourth-order valence-corrected chi connectivity index (χ4v) is 2.69. The summed E-state index contributed by atoms with van der Waals surface area (Å²) in [6.45, 7) is 4.41. The van der Waals surface area contributed by atoms with E-state index in [2.05, 4.69) is 11.2 Å². The summed E-state index contributed by atoms with van der Waals surface area (Å²) in [6, 6.07) is 6.00. The molecule has 4 nitrogen and oxygen atoms in total. The first-order valence-electron chi connectivity index (χ1n) is 6.12. The maximum Gasteiger partial charge on any atom is 0.171 e. The molecule has 2 rings (SSSR count). The van der Waals surface area contributed by atoms with E-state index in [1.54, 1.807) is 11.8 Å². The third-order valence-electron chi connectivity index (χ3n) is 3.17. The summed E-state index contributed by atoms with van der Waals surface area (Å²) in [6.07, 6.45) is 2.04. The Morgan fingerprint density at radius 3 is 2.63 bits per heavy atom. The molecule has 0 unspecified atom stereocenters. The van der Waals surface area contributed by atoms with E-state index in [0.29, 0.717) is 6.54 Å². The normalized spacial score (nSPS) is 10.8. The zero-order valence-electron chi connectivity index (χ0n) is 11.7. The van der Waals surface area contributed by atoms with Crippen molar-refractivity contribution in [1.82, 2.24) is 9.78 Å². The topological polar surface area (TPSA) is 53.1 Å². The average Bonchev–Trinajstić information content (AvgIpc) is 2.65. The van der Waals surface area contributed by atoms with Crippen molar-refractivity contribution in [3.05, 3.63) is 35.2 Å². The van der Waals surface area contributed by atoms with Crippen LogP contribution >= 0.6 is 11.8 Å². The highest BCUT2D eigenvalue weighted by molar-refractivity contribution is 7.98. The van der Waals surface area contributed by atoms with Gasteiger partial charge in [-0.2, -0.15) is 5.10 Å². The molecule has 0 atom stereocenters. The maximum absolute atomic E-state index is 6.05. The highest BCUT2D eigenvalue weighted by Gasteiger charge is 2.14. The summed E-state index contributed by atoms with van der Waals surface area (Å²) in [5.41, 5.74) is 8.78. The van der Waals surface area contributed by atoms with Crippen molar-refractivity contribution < 1.29 is 4.74 Å². The Labute approximate surface area is 117 Å². The number of rotatable bonds is 4. The average molecular weight is 277 g/mol. The van der Waals surface area contributed by atoms with Crippen LogP contribution in [0.2, 0.25) is 0 Å². The Morgan fingerprint density at radius 1 is 1.37 bits per heavy atom. The van der Waals surface area contributed by atoms with Gasteiger partial charge in [0.05, 0.1) is 5.69 Å². The van der Waals surface area contributed by atoms with Crippen LogP contribution in [0.1, 0.15) is 17.0 Å². The van der Waals surface area contributed by atoms with Crippen molar-refractivity contribution in [3.8, 4) is 11.5 Å². The van der Waals surface area contributed by atoms with Gasteiger partial charge in [0, 0.05) is 24.1 Å². The van der Waals surface area contributed by atoms with Crippen LogP contribution in [0.5, 0.6) is 11.5 Å². The van der Waals surface area contributed by atoms with Crippen LogP contribution in [0, 0.1) is 13.8 Å². The number of nitrogens with two attached hydrogens (primary N) is 1. The number of aromatic nitrogens is 2. The molecule has 1 aromatic carbocycles. The van der Waals surface area contributed by atoms with Crippen LogP contribution in [0.15, 0.2) is 23.1 Å². The molecule has 1 heterocycles. The number of hydrogen-bond acceptors (Lipinski definition) is 4. The van der Waals surface area contributed by atoms with Crippen molar-refractivity contribution >= 4 is 11.8 Å². The lowest BCUT2D eigenvalue weighted by molar-refractivity contribution is 0.466. The Kier molecular flexibility index (Phi) is 4.17. The molecule has 0 fully saturated rings. The van der Waals surface area contributed by atoms with Crippen LogP contribution in [0.4, 0.5) is 0 Å². The zero-order chi connectivity index (χ0) is 14.0. The molecule has 19 heavy (non-hydrogen) atoms. The van der Waals surface area contributed by atoms with E-state index in [1.165, 1.54) is 0 Å². The monoisotopic (exact) mass is 277 g/mol. The first-order valence-corrected chi connectivity index (χ1v) is 7.35. The van der Waals surface area contributed by atoms with Gasteiger partial charge in [-0.1, -0.05) is 6.07 Å². The Balaban J connectivity index is 2.43. The predicted octanol–water partition coefficient (Wildman–Crippen LogP) is 3.01. The number of nitrogens with zero attached hydrogens (tertiary/aromatic N) is 2. The fraction of sp³-hybridized carbons (Fsp3) is 0.357. The van der Waals surface area contributed by atoms with Crippen LogP contribution in [-0.2, 0) is 13.6 Å². The van der Waals surface area contributed by atoms with Crippen LogP contribution in [0.25, 0.3) is 0 Å². The number of benzene rings is 1. The van der Waals surface area contributed by atoms with Gasteiger partial charge in [0.2, 0.25) is 0 Å². The van der Waals surface area contributed by atoms with Gasteiger partial charge in [0.1, 0.15) is 11.4 Å². The minimum atomic E-state index is 0.463. The molecular formula is C14H19N3OS. The van der Waals surface area contributed by atoms with Gasteiger partial charge < -0.3 is 10.5 Å². The summed E-state index contributed by atoms with van der Waals surface area (Å²) >= 11 is 1.68. The maximum atomic E-state index is 6.05. The minimum Gasteiger partial charge on any atom is -0.453 e. The SMILES string of the molecule is CSc1cccc(Oc2c(C)nn(C)c2C)c1CN. The summed E-state index contributed by atoms with van der Waals surface area (Å²) in [4.78, 5) is 1.15.